The molecule has 2 rings (SSSR count). The van der Waals surface area contributed by atoms with Gasteiger partial charge in [-0.15, -0.1) is 0 Å². The van der Waals surface area contributed by atoms with Gasteiger partial charge in [0.1, 0.15) is 12.2 Å². The van der Waals surface area contributed by atoms with Crippen molar-refractivity contribution in [3.05, 3.63) is 12.2 Å². The van der Waals surface area contributed by atoms with Crippen LogP contribution in [-0.2, 0) is 13.0 Å². The predicted octanol–water partition coefficient (Wildman–Crippen LogP) is 2.15. The minimum absolute atomic E-state index is 0.285. The van der Waals surface area contributed by atoms with E-state index in [-0.39, 0.29) is 5.54 Å². The molecule has 1 saturated heterocycles. The molecule has 1 N–H and O–H groups in total. The summed E-state index contributed by atoms with van der Waals surface area (Å²) in [6, 6.07) is 0. The van der Waals surface area contributed by atoms with Crippen molar-refractivity contribution in [1.29, 1.82) is 0 Å². The Labute approximate surface area is 104 Å². The Bertz CT molecular complexity index is 339. The normalized spacial score (nSPS) is 24.4. The van der Waals surface area contributed by atoms with Crippen LogP contribution < -0.4 is 5.32 Å². The highest BCUT2D eigenvalue weighted by molar-refractivity contribution is 5.02. The molecule has 1 aliphatic heterocycles. The van der Waals surface area contributed by atoms with Crippen molar-refractivity contribution in [2.24, 2.45) is 0 Å². The highest BCUT2D eigenvalue weighted by atomic mass is 15.3. The van der Waals surface area contributed by atoms with Crippen LogP contribution in [0.2, 0.25) is 0 Å². The van der Waals surface area contributed by atoms with E-state index in [1.165, 1.54) is 25.7 Å². The molecule has 0 radical (unpaired) electrons. The van der Waals surface area contributed by atoms with Crippen molar-refractivity contribution in [1.82, 2.24) is 20.1 Å². The zero-order valence-electron chi connectivity index (χ0n) is 11.1. The van der Waals surface area contributed by atoms with E-state index in [1.54, 1.807) is 6.33 Å². The third-order valence-electron chi connectivity index (χ3n) is 3.69. The lowest BCUT2D eigenvalue weighted by Gasteiger charge is -2.29. The number of aromatic nitrogens is 3. The number of hydrogen-bond acceptors (Lipinski definition) is 3. The van der Waals surface area contributed by atoms with Crippen LogP contribution in [0.15, 0.2) is 6.33 Å². The fourth-order valence-corrected chi connectivity index (χ4v) is 2.93. The largest absolute Gasteiger partial charge is 0.311 e. The number of rotatable bonds is 6. The maximum absolute atomic E-state index is 4.44. The van der Waals surface area contributed by atoms with Crippen LogP contribution in [0.25, 0.3) is 0 Å². The Kier molecular flexibility index (Phi) is 4.15. The van der Waals surface area contributed by atoms with Crippen LogP contribution in [0.1, 0.15) is 51.8 Å². The Morgan fingerprint density at radius 2 is 2.29 bits per heavy atom. The molecule has 4 heteroatoms. The van der Waals surface area contributed by atoms with E-state index in [4.69, 9.17) is 0 Å². The van der Waals surface area contributed by atoms with Gasteiger partial charge in [0.2, 0.25) is 0 Å². The molecule has 0 aliphatic carbocycles. The van der Waals surface area contributed by atoms with E-state index in [9.17, 15) is 0 Å². The molecule has 1 unspecified atom stereocenters. The van der Waals surface area contributed by atoms with Gasteiger partial charge in [-0.25, -0.2) is 4.98 Å². The minimum atomic E-state index is 0.285. The Morgan fingerprint density at radius 3 is 2.94 bits per heavy atom. The number of hydrogen-bond donors (Lipinski definition) is 1. The second-order valence-electron chi connectivity index (χ2n) is 5.14. The molecule has 96 valence electrons. The van der Waals surface area contributed by atoms with Gasteiger partial charge in [0, 0.05) is 18.5 Å². The second kappa shape index (κ2) is 5.63. The van der Waals surface area contributed by atoms with Crippen molar-refractivity contribution in [2.45, 2.75) is 64.5 Å². The van der Waals surface area contributed by atoms with Gasteiger partial charge in [0.25, 0.3) is 0 Å². The first-order valence-corrected chi connectivity index (χ1v) is 6.91. The summed E-state index contributed by atoms with van der Waals surface area (Å²) in [5.74, 6) is 1.15. The first kappa shape index (κ1) is 12.6. The summed E-state index contributed by atoms with van der Waals surface area (Å²) in [6.45, 7) is 6.58. The minimum Gasteiger partial charge on any atom is -0.311 e. The Hall–Kier alpha value is -0.900. The van der Waals surface area contributed by atoms with Gasteiger partial charge >= 0.3 is 0 Å². The molecule has 1 atom stereocenters. The maximum Gasteiger partial charge on any atom is 0.138 e. The van der Waals surface area contributed by atoms with Crippen molar-refractivity contribution in [3.8, 4) is 0 Å². The van der Waals surface area contributed by atoms with Gasteiger partial charge < -0.3 is 5.32 Å². The standard InChI is InChI=1S/C13H24N4/c1-3-6-13(7-5-8-15-13)10-12-14-11-16-17(12)9-4-2/h11,15H,3-10H2,1-2H3. The highest BCUT2D eigenvalue weighted by Crippen LogP contribution is 2.28. The van der Waals surface area contributed by atoms with E-state index >= 15 is 0 Å². The first-order chi connectivity index (χ1) is 8.29. The summed E-state index contributed by atoms with van der Waals surface area (Å²) in [7, 11) is 0. The molecular weight excluding hydrogens is 212 g/mol. The fourth-order valence-electron chi connectivity index (χ4n) is 2.93. The summed E-state index contributed by atoms with van der Waals surface area (Å²) >= 11 is 0. The van der Waals surface area contributed by atoms with Crippen LogP contribution in [0.4, 0.5) is 0 Å². The molecule has 17 heavy (non-hydrogen) atoms. The van der Waals surface area contributed by atoms with E-state index in [0.717, 1.165) is 31.8 Å². The molecule has 2 heterocycles. The molecule has 1 aromatic rings. The summed E-state index contributed by atoms with van der Waals surface area (Å²) in [6.07, 6.45) is 8.88. The van der Waals surface area contributed by atoms with Crippen LogP contribution >= 0.6 is 0 Å². The number of nitrogens with one attached hydrogen (secondary N) is 1. The third kappa shape index (κ3) is 2.86. The van der Waals surface area contributed by atoms with E-state index in [0.29, 0.717) is 0 Å². The molecule has 4 nitrogen and oxygen atoms in total. The summed E-state index contributed by atoms with van der Waals surface area (Å²) in [4.78, 5) is 4.44. The van der Waals surface area contributed by atoms with Crippen LogP contribution in [0, 0.1) is 0 Å². The topological polar surface area (TPSA) is 42.7 Å². The van der Waals surface area contributed by atoms with Gasteiger partial charge in [0.15, 0.2) is 0 Å². The van der Waals surface area contributed by atoms with Crippen LogP contribution in [0.5, 0.6) is 0 Å². The average Bonchev–Trinajstić information content (AvgIpc) is 2.92. The molecule has 0 saturated carbocycles. The van der Waals surface area contributed by atoms with Gasteiger partial charge in [-0.1, -0.05) is 20.3 Å². The van der Waals surface area contributed by atoms with Gasteiger partial charge in [-0.3, -0.25) is 4.68 Å². The lowest BCUT2D eigenvalue weighted by molar-refractivity contribution is 0.328. The molecule has 0 spiro atoms. The monoisotopic (exact) mass is 236 g/mol. The van der Waals surface area contributed by atoms with Crippen LogP contribution in [-0.4, -0.2) is 26.8 Å². The molecule has 0 amide bonds. The summed E-state index contributed by atoms with van der Waals surface area (Å²) < 4.78 is 2.07. The fraction of sp³-hybridized carbons (Fsp3) is 0.846. The summed E-state index contributed by atoms with van der Waals surface area (Å²) in [5, 5.41) is 8.01. The first-order valence-electron chi connectivity index (χ1n) is 6.91. The number of nitrogens with zero attached hydrogens (tertiary/aromatic N) is 3. The van der Waals surface area contributed by atoms with Gasteiger partial charge in [-0.2, -0.15) is 5.10 Å². The Morgan fingerprint density at radius 1 is 1.41 bits per heavy atom. The molecule has 0 bridgehead atoms. The lowest BCUT2D eigenvalue weighted by Crippen LogP contribution is -2.42. The maximum atomic E-state index is 4.44. The quantitative estimate of drug-likeness (QED) is 0.823. The van der Waals surface area contributed by atoms with Gasteiger partial charge in [0.05, 0.1) is 0 Å². The number of aryl methyl sites for hydroxylation is 1. The Balaban J connectivity index is 2.08. The molecule has 1 fully saturated rings. The van der Waals surface area contributed by atoms with E-state index < -0.39 is 0 Å². The van der Waals surface area contributed by atoms with Crippen molar-refractivity contribution >= 4 is 0 Å². The molecule has 1 aliphatic rings. The molecular formula is C13H24N4. The SMILES string of the molecule is CCCn1ncnc1CC1(CCC)CCCN1. The third-order valence-corrected chi connectivity index (χ3v) is 3.69. The highest BCUT2D eigenvalue weighted by Gasteiger charge is 2.33. The lowest BCUT2D eigenvalue weighted by atomic mass is 9.88. The van der Waals surface area contributed by atoms with Crippen molar-refractivity contribution < 1.29 is 0 Å². The molecule has 1 aromatic heterocycles. The van der Waals surface area contributed by atoms with Crippen molar-refractivity contribution in [3.63, 3.8) is 0 Å². The van der Waals surface area contributed by atoms with Crippen molar-refractivity contribution in [2.75, 3.05) is 6.54 Å². The van der Waals surface area contributed by atoms with Gasteiger partial charge in [-0.05, 0) is 32.2 Å². The zero-order valence-corrected chi connectivity index (χ0v) is 11.1. The van der Waals surface area contributed by atoms with E-state index in [2.05, 4.69) is 33.9 Å². The van der Waals surface area contributed by atoms with Crippen LogP contribution in [0.3, 0.4) is 0 Å². The van der Waals surface area contributed by atoms with E-state index in [1.807, 2.05) is 0 Å². The second-order valence-corrected chi connectivity index (χ2v) is 5.14. The molecule has 0 aromatic carbocycles. The average molecular weight is 236 g/mol. The zero-order chi connectivity index (χ0) is 12.1. The predicted molar refractivity (Wildman–Crippen MR) is 68.9 cm³/mol. The smallest absolute Gasteiger partial charge is 0.138 e. The summed E-state index contributed by atoms with van der Waals surface area (Å²) in [5.41, 5.74) is 0.285.